The van der Waals surface area contributed by atoms with Crippen molar-refractivity contribution in [2.45, 2.75) is 26.5 Å². The molecule has 0 N–H and O–H groups in total. The Balaban J connectivity index is 1.45. The van der Waals surface area contributed by atoms with Crippen LogP contribution in [0.25, 0.3) is 6.08 Å². The molecule has 0 aromatic heterocycles. The molecule has 3 aliphatic heterocycles. The van der Waals surface area contributed by atoms with Crippen molar-refractivity contribution in [3.8, 4) is 17.2 Å². The molecule has 0 atom stereocenters. The van der Waals surface area contributed by atoms with Gasteiger partial charge >= 0.3 is 0 Å². The zero-order valence-electron chi connectivity index (χ0n) is 18.0. The van der Waals surface area contributed by atoms with E-state index >= 15 is 0 Å². The maximum absolute atomic E-state index is 13.2. The molecule has 8 heteroatoms. The smallest absolute Gasteiger partial charge is 0.231 e. The molecule has 0 saturated heterocycles. The number of Topliss-reactive ketones (excluding diaryl/α,β-unsaturated/α-hetero) is 1. The van der Waals surface area contributed by atoms with E-state index in [-0.39, 0.29) is 18.3 Å². The van der Waals surface area contributed by atoms with Crippen molar-refractivity contribution in [2.75, 3.05) is 33.8 Å². The predicted molar refractivity (Wildman–Crippen MR) is 121 cm³/mol. The third-order valence-electron chi connectivity index (χ3n) is 5.81. The number of methoxy groups -OCH3 is 1. The van der Waals surface area contributed by atoms with Crippen LogP contribution in [-0.2, 0) is 22.6 Å². The molecule has 168 valence electrons. The number of hydrogen-bond donors (Lipinski definition) is 0. The van der Waals surface area contributed by atoms with Crippen LogP contribution in [0.3, 0.4) is 0 Å². The number of fused-ring (bicyclic) bond motifs is 3. The summed E-state index contributed by atoms with van der Waals surface area (Å²) in [6, 6.07) is 5.77. The molecular weight excluding hydrogens is 478 g/mol. The molecule has 0 unspecified atom stereocenters. The average Bonchev–Trinajstić information content (AvgIpc) is 3.09. The highest BCUT2D eigenvalue weighted by Crippen LogP contribution is 2.44. The summed E-state index contributed by atoms with van der Waals surface area (Å²) in [5.74, 6) is 2.23. The van der Waals surface area contributed by atoms with Crippen LogP contribution in [0, 0.1) is 6.92 Å². The Labute approximate surface area is 195 Å². The largest absolute Gasteiger partial charge is 0.477 e. The van der Waals surface area contributed by atoms with Gasteiger partial charge in [0.2, 0.25) is 5.78 Å². The first kappa shape index (κ1) is 21.5. The molecule has 3 aliphatic rings. The van der Waals surface area contributed by atoms with Gasteiger partial charge in [0.25, 0.3) is 0 Å². The number of halogens is 1. The highest BCUT2D eigenvalue weighted by atomic mass is 79.9. The van der Waals surface area contributed by atoms with Gasteiger partial charge in [-0.3, -0.25) is 9.69 Å². The van der Waals surface area contributed by atoms with Gasteiger partial charge in [-0.1, -0.05) is 15.9 Å². The molecule has 0 radical (unpaired) electrons. The van der Waals surface area contributed by atoms with E-state index in [4.69, 9.17) is 23.7 Å². The van der Waals surface area contributed by atoms with Crippen molar-refractivity contribution in [1.29, 1.82) is 0 Å². The van der Waals surface area contributed by atoms with Crippen LogP contribution in [-0.4, -0.2) is 44.5 Å². The third kappa shape index (κ3) is 3.92. The van der Waals surface area contributed by atoms with E-state index in [1.54, 1.807) is 13.2 Å². The molecule has 0 saturated carbocycles. The number of benzene rings is 2. The molecule has 0 bridgehead atoms. The van der Waals surface area contributed by atoms with Gasteiger partial charge < -0.3 is 23.7 Å². The molecule has 32 heavy (non-hydrogen) atoms. The molecule has 0 aliphatic carbocycles. The number of carbonyl (C=O) groups excluding carboxylic acids is 1. The number of nitrogens with zero attached hydrogens (tertiary/aromatic N) is 1. The molecular formula is C24H24BrNO6. The Bertz CT molecular complexity index is 1110. The lowest BCUT2D eigenvalue weighted by Gasteiger charge is -2.30. The first-order chi connectivity index (χ1) is 15.5. The fourth-order valence-electron chi connectivity index (χ4n) is 4.33. The van der Waals surface area contributed by atoms with Crippen molar-refractivity contribution < 1.29 is 28.5 Å². The summed E-state index contributed by atoms with van der Waals surface area (Å²) in [4.78, 5) is 15.4. The lowest BCUT2D eigenvalue weighted by molar-refractivity contribution is -0.0165. The van der Waals surface area contributed by atoms with E-state index in [2.05, 4.69) is 20.8 Å². The lowest BCUT2D eigenvalue weighted by Crippen LogP contribution is -2.33. The minimum atomic E-state index is -0.136. The van der Waals surface area contributed by atoms with Crippen LogP contribution in [0.1, 0.15) is 39.0 Å². The topological polar surface area (TPSA) is 66.5 Å². The van der Waals surface area contributed by atoms with Crippen molar-refractivity contribution in [3.05, 3.63) is 56.2 Å². The summed E-state index contributed by atoms with van der Waals surface area (Å²) in [5, 5.41) is 0. The zero-order chi connectivity index (χ0) is 22.2. The first-order valence-corrected chi connectivity index (χ1v) is 11.3. The number of ether oxygens (including phenoxy) is 5. The Morgan fingerprint density at radius 3 is 2.88 bits per heavy atom. The molecule has 3 heterocycles. The minimum Gasteiger partial charge on any atom is -0.477 e. The standard InChI is InChI=1S/C24H24BrNO6/c1-14-22-16(10-26(12-30-22)4-3-5-28-2)8-19-21(27)20(32-23(14)19)9-15-6-18(25)7-17-11-29-13-31-24(15)17/h6-9H,3-5,10-13H2,1-2H3/b20-9-. The zero-order valence-corrected chi connectivity index (χ0v) is 19.6. The number of allylic oxidation sites excluding steroid dienone is 1. The van der Waals surface area contributed by atoms with Gasteiger partial charge in [0.05, 0.1) is 12.2 Å². The van der Waals surface area contributed by atoms with Gasteiger partial charge in [0.15, 0.2) is 12.6 Å². The lowest BCUT2D eigenvalue weighted by atomic mass is 9.99. The summed E-state index contributed by atoms with van der Waals surface area (Å²) in [5.41, 5.74) is 4.13. The van der Waals surface area contributed by atoms with Gasteiger partial charge in [0.1, 0.15) is 24.0 Å². The molecule has 7 nitrogen and oxygen atoms in total. The van der Waals surface area contributed by atoms with Crippen molar-refractivity contribution >= 4 is 27.8 Å². The van der Waals surface area contributed by atoms with Crippen LogP contribution in [0.2, 0.25) is 0 Å². The van der Waals surface area contributed by atoms with Crippen molar-refractivity contribution in [2.24, 2.45) is 0 Å². The third-order valence-corrected chi connectivity index (χ3v) is 6.27. The predicted octanol–water partition coefficient (Wildman–Crippen LogP) is 4.43. The summed E-state index contributed by atoms with van der Waals surface area (Å²) in [6.07, 6.45) is 2.67. The second-order valence-corrected chi connectivity index (χ2v) is 8.99. The van der Waals surface area contributed by atoms with Gasteiger partial charge in [-0.25, -0.2) is 0 Å². The highest BCUT2D eigenvalue weighted by molar-refractivity contribution is 9.10. The Hall–Kier alpha value is -2.39. The average molecular weight is 502 g/mol. The summed E-state index contributed by atoms with van der Waals surface area (Å²) < 4.78 is 29.2. The molecule has 0 fully saturated rings. The molecule has 0 spiro atoms. The van der Waals surface area contributed by atoms with Gasteiger partial charge in [-0.15, -0.1) is 0 Å². The first-order valence-electron chi connectivity index (χ1n) is 10.5. The van der Waals surface area contributed by atoms with E-state index < -0.39 is 0 Å². The summed E-state index contributed by atoms with van der Waals surface area (Å²) >= 11 is 3.52. The summed E-state index contributed by atoms with van der Waals surface area (Å²) in [6.45, 7) is 5.41. The second-order valence-electron chi connectivity index (χ2n) is 8.07. The Morgan fingerprint density at radius 1 is 1.16 bits per heavy atom. The fourth-order valence-corrected chi connectivity index (χ4v) is 4.85. The van der Waals surface area contributed by atoms with E-state index in [0.717, 1.165) is 52.0 Å². The number of carbonyl (C=O) groups is 1. The Kier molecular flexibility index (Phi) is 5.94. The fraction of sp³-hybridized carbons (Fsp3) is 0.375. The van der Waals surface area contributed by atoms with E-state index in [9.17, 15) is 4.79 Å². The maximum atomic E-state index is 13.2. The quantitative estimate of drug-likeness (QED) is 0.443. The van der Waals surface area contributed by atoms with Crippen LogP contribution in [0.4, 0.5) is 0 Å². The van der Waals surface area contributed by atoms with Crippen LogP contribution in [0.5, 0.6) is 17.2 Å². The van der Waals surface area contributed by atoms with Gasteiger partial charge in [0, 0.05) is 53.5 Å². The van der Waals surface area contributed by atoms with E-state index in [1.165, 1.54) is 0 Å². The monoisotopic (exact) mass is 501 g/mol. The van der Waals surface area contributed by atoms with Gasteiger partial charge in [-0.2, -0.15) is 0 Å². The van der Waals surface area contributed by atoms with E-state index in [1.807, 2.05) is 25.1 Å². The summed E-state index contributed by atoms with van der Waals surface area (Å²) in [7, 11) is 1.70. The SMILES string of the molecule is COCCCN1COc2c(cc3c(c2C)O/C(=C\c2cc(Br)cc4c2OCOC4)C3=O)C1. The highest BCUT2D eigenvalue weighted by Gasteiger charge is 2.34. The minimum absolute atomic E-state index is 0.136. The second kappa shape index (κ2) is 8.86. The molecule has 5 rings (SSSR count). The maximum Gasteiger partial charge on any atom is 0.231 e. The van der Waals surface area contributed by atoms with E-state index in [0.29, 0.717) is 37.0 Å². The number of hydrogen-bond acceptors (Lipinski definition) is 7. The normalized spacial score (nSPS) is 18.5. The van der Waals surface area contributed by atoms with Crippen molar-refractivity contribution in [1.82, 2.24) is 4.90 Å². The molecule has 0 amide bonds. The van der Waals surface area contributed by atoms with Crippen molar-refractivity contribution in [3.63, 3.8) is 0 Å². The Morgan fingerprint density at radius 2 is 2.03 bits per heavy atom. The van der Waals surface area contributed by atoms with Crippen LogP contribution < -0.4 is 14.2 Å². The van der Waals surface area contributed by atoms with Crippen LogP contribution >= 0.6 is 15.9 Å². The molecule has 2 aromatic rings. The number of rotatable bonds is 5. The van der Waals surface area contributed by atoms with Crippen LogP contribution in [0.15, 0.2) is 28.4 Å². The molecule has 2 aromatic carbocycles. The van der Waals surface area contributed by atoms with Gasteiger partial charge in [-0.05, 0) is 37.6 Å². The number of ketones is 1.